The van der Waals surface area contributed by atoms with E-state index in [2.05, 4.69) is 36.3 Å². The summed E-state index contributed by atoms with van der Waals surface area (Å²) in [6, 6.07) is 10.5. The van der Waals surface area contributed by atoms with Crippen molar-refractivity contribution in [3.8, 4) is 11.5 Å². The monoisotopic (exact) mass is 572 g/mol. The van der Waals surface area contributed by atoms with Crippen molar-refractivity contribution in [3.63, 3.8) is 0 Å². The van der Waals surface area contributed by atoms with Crippen LogP contribution in [0, 0.1) is 11.8 Å². The van der Waals surface area contributed by atoms with Crippen LogP contribution in [0.4, 0.5) is 0 Å². The number of rotatable bonds is 11. The average Bonchev–Trinajstić information content (AvgIpc) is 2.94. The molecule has 1 aromatic heterocycles. The second-order valence-corrected chi connectivity index (χ2v) is 10.3. The lowest BCUT2D eigenvalue weighted by Crippen LogP contribution is -2.48. The van der Waals surface area contributed by atoms with E-state index < -0.39 is 42.9 Å². The lowest BCUT2D eigenvalue weighted by Gasteiger charge is -2.34. The average molecular weight is 573 g/mol. The Bertz CT molecular complexity index is 1140. The molecule has 1 aliphatic heterocycles. The van der Waals surface area contributed by atoms with Crippen molar-refractivity contribution in [3.05, 3.63) is 53.9 Å². The van der Waals surface area contributed by atoms with Crippen molar-refractivity contribution in [2.45, 2.75) is 58.8 Å². The molecule has 1 aromatic carbocycles. The van der Waals surface area contributed by atoms with E-state index in [0.29, 0.717) is 19.6 Å². The third-order valence-electron chi connectivity index (χ3n) is 6.43. The number of nitrogens with zero attached hydrogens (tertiary/aromatic N) is 1. The number of amides is 1. The summed E-state index contributed by atoms with van der Waals surface area (Å²) in [4.78, 5) is 41.9. The largest absolute Gasteiger partial charge is 0.493 e. The molecular formula is C30H40N2O9. The first-order valence-corrected chi connectivity index (χ1v) is 13.7. The lowest BCUT2D eigenvalue weighted by molar-refractivity contribution is -0.167. The van der Waals surface area contributed by atoms with Gasteiger partial charge in [-0.15, -0.1) is 0 Å². The van der Waals surface area contributed by atoms with E-state index >= 15 is 0 Å². The molecule has 3 rings (SSSR count). The predicted molar refractivity (Wildman–Crippen MR) is 149 cm³/mol. The minimum atomic E-state index is -1.02. The SMILES string of the molecule is COc1ccnc(C(=O)N[C@H]2CCOC[C@H](Cc3ccccc3)[C@@H](OCC(C)C)[C@H](C)OC2=O)c1OCOC(C)=O. The second-order valence-electron chi connectivity index (χ2n) is 10.3. The maximum Gasteiger partial charge on any atom is 0.329 e. The van der Waals surface area contributed by atoms with Crippen molar-refractivity contribution < 1.29 is 42.8 Å². The Morgan fingerprint density at radius 2 is 1.93 bits per heavy atom. The molecule has 224 valence electrons. The number of nitrogens with one attached hydrogen (secondary N) is 1. The Labute approximate surface area is 240 Å². The fourth-order valence-electron chi connectivity index (χ4n) is 4.45. The van der Waals surface area contributed by atoms with Gasteiger partial charge in [0.15, 0.2) is 17.2 Å². The molecule has 0 bridgehead atoms. The summed E-state index contributed by atoms with van der Waals surface area (Å²) in [6.07, 6.45) is 1.22. The zero-order valence-electron chi connectivity index (χ0n) is 24.3. The minimum absolute atomic E-state index is 0.0301. The maximum absolute atomic E-state index is 13.3. The molecular weight excluding hydrogens is 532 g/mol. The van der Waals surface area contributed by atoms with Gasteiger partial charge in [0.25, 0.3) is 5.91 Å². The summed E-state index contributed by atoms with van der Waals surface area (Å²) < 4.78 is 33.8. The molecule has 0 aliphatic carbocycles. The van der Waals surface area contributed by atoms with Gasteiger partial charge in [0.1, 0.15) is 12.1 Å². The summed E-state index contributed by atoms with van der Waals surface area (Å²) in [7, 11) is 1.40. The minimum Gasteiger partial charge on any atom is -0.493 e. The number of esters is 2. The molecule has 0 spiro atoms. The van der Waals surface area contributed by atoms with Crippen LogP contribution in [0.5, 0.6) is 11.5 Å². The Balaban J connectivity index is 1.77. The van der Waals surface area contributed by atoms with E-state index in [4.69, 9.17) is 28.4 Å². The summed E-state index contributed by atoms with van der Waals surface area (Å²) in [5.74, 6) is -1.45. The van der Waals surface area contributed by atoms with E-state index in [1.807, 2.05) is 18.2 Å². The van der Waals surface area contributed by atoms with Crippen LogP contribution < -0.4 is 14.8 Å². The quantitative estimate of drug-likeness (QED) is 0.316. The molecule has 1 saturated heterocycles. The second kappa shape index (κ2) is 15.9. The number of hydrogen-bond donors (Lipinski definition) is 1. The third kappa shape index (κ3) is 9.72. The first-order valence-electron chi connectivity index (χ1n) is 13.7. The fraction of sp³-hybridized carbons (Fsp3) is 0.533. The smallest absolute Gasteiger partial charge is 0.329 e. The number of methoxy groups -OCH3 is 1. The summed E-state index contributed by atoms with van der Waals surface area (Å²) in [5.41, 5.74) is 0.994. The van der Waals surface area contributed by atoms with Gasteiger partial charge in [-0.1, -0.05) is 44.2 Å². The highest BCUT2D eigenvalue weighted by atomic mass is 16.7. The predicted octanol–water partition coefficient (Wildman–Crippen LogP) is 3.34. The molecule has 1 N–H and O–H groups in total. The van der Waals surface area contributed by atoms with E-state index in [0.717, 1.165) is 5.56 Å². The number of carbonyl (C=O) groups is 3. The van der Waals surface area contributed by atoms with Crippen LogP contribution in [-0.4, -0.2) is 74.8 Å². The van der Waals surface area contributed by atoms with Gasteiger partial charge in [-0.3, -0.25) is 9.59 Å². The molecule has 0 radical (unpaired) electrons. The van der Waals surface area contributed by atoms with Crippen molar-refractivity contribution in [2.24, 2.45) is 11.8 Å². The Hall–Kier alpha value is -3.70. The zero-order chi connectivity index (χ0) is 29.8. The Morgan fingerprint density at radius 3 is 2.61 bits per heavy atom. The first-order chi connectivity index (χ1) is 19.7. The maximum atomic E-state index is 13.3. The van der Waals surface area contributed by atoms with Gasteiger partial charge in [0.2, 0.25) is 6.79 Å². The first kappa shape index (κ1) is 31.8. The molecule has 41 heavy (non-hydrogen) atoms. The normalized spacial score (nSPS) is 21.5. The molecule has 0 unspecified atom stereocenters. The molecule has 2 aromatic rings. The fourth-order valence-corrected chi connectivity index (χ4v) is 4.45. The number of carbonyl (C=O) groups excluding carboxylic acids is 3. The van der Waals surface area contributed by atoms with Gasteiger partial charge in [0, 0.05) is 44.7 Å². The van der Waals surface area contributed by atoms with Gasteiger partial charge < -0.3 is 33.7 Å². The van der Waals surface area contributed by atoms with Gasteiger partial charge in [-0.2, -0.15) is 0 Å². The van der Waals surface area contributed by atoms with Crippen molar-refractivity contribution in [2.75, 3.05) is 33.7 Å². The summed E-state index contributed by atoms with van der Waals surface area (Å²) >= 11 is 0. The van der Waals surface area contributed by atoms with Crippen LogP contribution in [0.2, 0.25) is 0 Å². The highest BCUT2D eigenvalue weighted by Crippen LogP contribution is 2.30. The molecule has 11 nitrogen and oxygen atoms in total. The molecule has 0 saturated carbocycles. The van der Waals surface area contributed by atoms with Crippen LogP contribution in [0.15, 0.2) is 42.6 Å². The molecule has 1 fully saturated rings. The lowest BCUT2D eigenvalue weighted by atomic mass is 9.91. The van der Waals surface area contributed by atoms with Crippen LogP contribution in [0.25, 0.3) is 0 Å². The van der Waals surface area contributed by atoms with Crippen molar-refractivity contribution in [1.29, 1.82) is 0 Å². The van der Waals surface area contributed by atoms with E-state index in [9.17, 15) is 14.4 Å². The van der Waals surface area contributed by atoms with Crippen LogP contribution in [-0.2, 0) is 35.0 Å². The highest BCUT2D eigenvalue weighted by molar-refractivity contribution is 5.98. The Morgan fingerprint density at radius 1 is 1.17 bits per heavy atom. The van der Waals surface area contributed by atoms with Crippen molar-refractivity contribution >= 4 is 17.8 Å². The number of benzene rings is 1. The number of pyridine rings is 1. The van der Waals surface area contributed by atoms with Crippen LogP contribution in [0.1, 0.15) is 50.2 Å². The third-order valence-corrected chi connectivity index (χ3v) is 6.43. The molecule has 1 amide bonds. The number of aromatic nitrogens is 1. The molecule has 1 aliphatic rings. The van der Waals surface area contributed by atoms with Gasteiger partial charge in [-0.05, 0) is 24.8 Å². The van der Waals surface area contributed by atoms with Crippen LogP contribution >= 0.6 is 0 Å². The standard InChI is InChI=1S/C30H40N2O9/c1-19(2)16-38-27-20(3)41-30(35)24(12-14-37-17-23(27)15-22-9-7-6-8-10-22)32-29(34)26-28(40-18-39-21(4)33)25(36-5)11-13-31-26/h6-11,13,19-20,23-24,27H,12,14-18H2,1-5H3,(H,32,34)/t20-,23-,24-,27-/m0/s1. The number of hydrogen-bond acceptors (Lipinski definition) is 10. The Kier molecular flexibility index (Phi) is 12.4. The summed E-state index contributed by atoms with van der Waals surface area (Å²) in [5, 5.41) is 2.69. The van der Waals surface area contributed by atoms with Crippen molar-refractivity contribution in [1.82, 2.24) is 10.3 Å². The van der Waals surface area contributed by atoms with E-state index in [1.165, 1.54) is 26.3 Å². The number of cyclic esters (lactones) is 1. The van der Waals surface area contributed by atoms with Crippen LogP contribution in [0.3, 0.4) is 0 Å². The van der Waals surface area contributed by atoms with Gasteiger partial charge in [-0.25, -0.2) is 9.78 Å². The zero-order valence-corrected chi connectivity index (χ0v) is 24.3. The number of ether oxygens (including phenoxy) is 6. The highest BCUT2D eigenvalue weighted by Gasteiger charge is 2.35. The topological polar surface area (TPSA) is 132 Å². The van der Waals surface area contributed by atoms with Gasteiger partial charge in [0.05, 0.1) is 19.8 Å². The van der Waals surface area contributed by atoms with E-state index in [-0.39, 0.29) is 42.1 Å². The van der Waals surface area contributed by atoms with Gasteiger partial charge >= 0.3 is 11.9 Å². The summed E-state index contributed by atoms with van der Waals surface area (Å²) in [6.45, 7) is 7.79. The molecule has 11 heteroatoms. The molecule has 2 heterocycles. The van der Waals surface area contributed by atoms with E-state index in [1.54, 1.807) is 6.92 Å². The molecule has 4 atom stereocenters.